The molecule has 1 heterocycles. The molecule has 2 rings (SSSR count). The van der Waals surface area contributed by atoms with Gasteiger partial charge in [0.05, 0.1) is 6.61 Å². The molecule has 0 amide bonds. The van der Waals surface area contributed by atoms with Crippen molar-refractivity contribution in [2.24, 2.45) is 4.99 Å². The summed E-state index contributed by atoms with van der Waals surface area (Å²) in [6, 6.07) is 9.89. The van der Waals surface area contributed by atoms with Gasteiger partial charge in [0.25, 0.3) is 0 Å². The lowest BCUT2D eigenvalue weighted by molar-refractivity contribution is 0.311. The van der Waals surface area contributed by atoms with E-state index in [9.17, 15) is 0 Å². The van der Waals surface area contributed by atoms with E-state index in [1.54, 1.807) is 7.05 Å². The van der Waals surface area contributed by atoms with Gasteiger partial charge in [0.2, 0.25) is 0 Å². The average Bonchev–Trinajstić information content (AvgIpc) is 3.05. The van der Waals surface area contributed by atoms with Crippen LogP contribution in [0.2, 0.25) is 0 Å². The molecule has 1 aromatic heterocycles. The van der Waals surface area contributed by atoms with E-state index in [1.807, 2.05) is 49.6 Å². The summed E-state index contributed by atoms with van der Waals surface area (Å²) in [6.07, 6.45) is 7.01. The van der Waals surface area contributed by atoms with Crippen molar-refractivity contribution >= 4 is 5.96 Å². The smallest absolute Gasteiger partial charge is 0.190 e. The summed E-state index contributed by atoms with van der Waals surface area (Å²) in [5.41, 5.74) is 0. The van der Waals surface area contributed by atoms with Crippen LogP contribution in [0, 0.1) is 6.92 Å². The van der Waals surface area contributed by atoms with Crippen molar-refractivity contribution in [3.63, 3.8) is 0 Å². The van der Waals surface area contributed by atoms with E-state index in [1.165, 1.54) is 0 Å². The maximum absolute atomic E-state index is 5.67. The molecule has 0 aliphatic carbocycles. The SMILES string of the molecule is CN=C(NCCCCn1ccnc1C)NCCCOc1ccccc1. The maximum Gasteiger partial charge on any atom is 0.190 e. The van der Waals surface area contributed by atoms with Crippen molar-refractivity contribution in [1.82, 2.24) is 20.2 Å². The van der Waals surface area contributed by atoms with Gasteiger partial charge in [0, 0.05) is 39.1 Å². The lowest BCUT2D eigenvalue weighted by Gasteiger charge is -2.12. The van der Waals surface area contributed by atoms with Crippen molar-refractivity contribution in [3.05, 3.63) is 48.5 Å². The zero-order valence-electron chi connectivity index (χ0n) is 15.2. The zero-order valence-corrected chi connectivity index (χ0v) is 15.2. The molecule has 1 aromatic carbocycles. The fourth-order valence-electron chi connectivity index (χ4n) is 2.46. The van der Waals surface area contributed by atoms with Gasteiger partial charge in [-0.3, -0.25) is 4.99 Å². The van der Waals surface area contributed by atoms with Crippen molar-refractivity contribution in [3.8, 4) is 5.75 Å². The lowest BCUT2D eigenvalue weighted by atomic mass is 10.3. The van der Waals surface area contributed by atoms with E-state index in [2.05, 4.69) is 25.2 Å². The summed E-state index contributed by atoms with van der Waals surface area (Å²) in [7, 11) is 1.80. The molecule has 25 heavy (non-hydrogen) atoms. The third kappa shape index (κ3) is 7.28. The minimum absolute atomic E-state index is 0.693. The Labute approximate surface area is 150 Å². The Balaban J connectivity index is 1.50. The van der Waals surface area contributed by atoms with Crippen LogP contribution in [0.5, 0.6) is 5.75 Å². The first kappa shape index (κ1) is 18.8. The molecule has 6 heteroatoms. The van der Waals surface area contributed by atoms with E-state index in [4.69, 9.17) is 4.74 Å². The number of hydrogen-bond acceptors (Lipinski definition) is 3. The Bertz CT molecular complexity index is 624. The Morgan fingerprint density at radius 1 is 1.12 bits per heavy atom. The molecule has 0 spiro atoms. The Hall–Kier alpha value is -2.50. The van der Waals surface area contributed by atoms with Crippen LogP contribution in [-0.2, 0) is 6.54 Å². The van der Waals surface area contributed by atoms with Gasteiger partial charge < -0.3 is 19.9 Å². The van der Waals surface area contributed by atoms with Crippen LogP contribution in [0.25, 0.3) is 0 Å². The number of aliphatic imine (C=N–C) groups is 1. The van der Waals surface area contributed by atoms with E-state index in [0.29, 0.717) is 6.61 Å². The first-order valence-corrected chi connectivity index (χ1v) is 8.89. The molecule has 0 bridgehead atoms. The zero-order chi connectivity index (χ0) is 17.7. The molecule has 0 saturated heterocycles. The summed E-state index contributed by atoms with van der Waals surface area (Å²) in [5, 5.41) is 6.66. The van der Waals surface area contributed by atoms with Gasteiger partial charge in [0.15, 0.2) is 5.96 Å². The van der Waals surface area contributed by atoms with Crippen LogP contribution in [0.4, 0.5) is 0 Å². The molecule has 0 radical (unpaired) electrons. The molecule has 136 valence electrons. The number of benzene rings is 1. The highest BCUT2D eigenvalue weighted by molar-refractivity contribution is 5.79. The van der Waals surface area contributed by atoms with Gasteiger partial charge in [0.1, 0.15) is 11.6 Å². The third-order valence-corrected chi connectivity index (χ3v) is 3.89. The second kappa shape index (κ2) is 11.1. The topological polar surface area (TPSA) is 63.5 Å². The summed E-state index contributed by atoms with van der Waals surface area (Å²) < 4.78 is 7.85. The van der Waals surface area contributed by atoms with Gasteiger partial charge in [-0.05, 0) is 38.3 Å². The number of para-hydroxylation sites is 1. The molecule has 2 N–H and O–H groups in total. The van der Waals surface area contributed by atoms with Crippen LogP contribution >= 0.6 is 0 Å². The molecule has 2 aromatic rings. The number of aryl methyl sites for hydroxylation is 2. The number of ether oxygens (including phenoxy) is 1. The maximum atomic E-state index is 5.67. The molecular formula is C19H29N5O. The van der Waals surface area contributed by atoms with E-state index in [-0.39, 0.29) is 0 Å². The number of imidazole rings is 1. The molecule has 0 aliphatic rings. The number of aromatic nitrogens is 2. The number of rotatable bonds is 10. The van der Waals surface area contributed by atoms with Gasteiger partial charge in [-0.1, -0.05) is 18.2 Å². The third-order valence-electron chi connectivity index (χ3n) is 3.89. The lowest BCUT2D eigenvalue weighted by Crippen LogP contribution is -2.38. The molecule has 0 atom stereocenters. The van der Waals surface area contributed by atoms with E-state index < -0.39 is 0 Å². The van der Waals surface area contributed by atoms with Gasteiger partial charge in [-0.25, -0.2) is 4.98 Å². The quantitative estimate of drug-likeness (QED) is 0.395. The number of guanidine groups is 1. The van der Waals surface area contributed by atoms with Crippen molar-refractivity contribution in [2.45, 2.75) is 32.7 Å². The molecule has 0 fully saturated rings. The Morgan fingerprint density at radius 2 is 1.88 bits per heavy atom. The fraction of sp³-hybridized carbons (Fsp3) is 0.474. The second-order valence-electron chi connectivity index (χ2n) is 5.82. The molecule has 0 aliphatic heterocycles. The van der Waals surface area contributed by atoms with E-state index >= 15 is 0 Å². The van der Waals surface area contributed by atoms with Gasteiger partial charge in [-0.15, -0.1) is 0 Å². The average molecular weight is 343 g/mol. The standard InChI is InChI=1S/C19H29N5O/c1-17-21-13-15-24(17)14-7-6-11-22-19(20-2)23-12-8-16-25-18-9-4-3-5-10-18/h3-5,9-10,13,15H,6-8,11-12,14,16H2,1-2H3,(H2,20,22,23). The number of unbranched alkanes of at least 4 members (excludes halogenated alkanes) is 1. The fourth-order valence-corrected chi connectivity index (χ4v) is 2.46. The van der Waals surface area contributed by atoms with Gasteiger partial charge in [-0.2, -0.15) is 0 Å². The second-order valence-corrected chi connectivity index (χ2v) is 5.82. The summed E-state index contributed by atoms with van der Waals surface area (Å²) in [6.45, 7) is 5.48. The van der Waals surface area contributed by atoms with Crippen LogP contribution in [0.1, 0.15) is 25.1 Å². The van der Waals surface area contributed by atoms with Gasteiger partial charge >= 0.3 is 0 Å². The van der Waals surface area contributed by atoms with E-state index in [0.717, 1.165) is 56.4 Å². The number of hydrogen-bond donors (Lipinski definition) is 2. The first-order chi connectivity index (χ1) is 12.3. The summed E-state index contributed by atoms with van der Waals surface area (Å²) in [4.78, 5) is 8.48. The Kier molecular flexibility index (Phi) is 8.38. The normalized spacial score (nSPS) is 11.4. The predicted molar refractivity (Wildman–Crippen MR) is 102 cm³/mol. The molecular weight excluding hydrogens is 314 g/mol. The summed E-state index contributed by atoms with van der Waals surface area (Å²) >= 11 is 0. The number of nitrogens with zero attached hydrogens (tertiary/aromatic N) is 3. The first-order valence-electron chi connectivity index (χ1n) is 8.89. The van der Waals surface area contributed by atoms with Crippen molar-refractivity contribution in [1.29, 1.82) is 0 Å². The van der Waals surface area contributed by atoms with Crippen molar-refractivity contribution < 1.29 is 4.74 Å². The number of nitrogens with one attached hydrogen (secondary N) is 2. The Morgan fingerprint density at radius 3 is 2.56 bits per heavy atom. The van der Waals surface area contributed by atoms with Crippen LogP contribution < -0.4 is 15.4 Å². The largest absolute Gasteiger partial charge is 0.494 e. The summed E-state index contributed by atoms with van der Waals surface area (Å²) in [5.74, 6) is 2.83. The predicted octanol–water partition coefficient (Wildman–Crippen LogP) is 2.61. The highest BCUT2D eigenvalue weighted by Gasteiger charge is 1.99. The van der Waals surface area contributed by atoms with Crippen LogP contribution in [0.3, 0.4) is 0 Å². The van der Waals surface area contributed by atoms with Crippen LogP contribution in [-0.4, -0.2) is 42.3 Å². The minimum Gasteiger partial charge on any atom is -0.494 e. The van der Waals surface area contributed by atoms with Crippen LogP contribution in [0.15, 0.2) is 47.7 Å². The highest BCUT2D eigenvalue weighted by Crippen LogP contribution is 2.08. The van der Waals surface area contributed by atoms with Crippen molar-refractivity contribution in [2.75, 3.05) is 26.7 Å². The molecule has 0 saturated carbocycles. The monoisotopic (exact) mass is 343 g/mol. The molecule has 0 unspecified atom stereocenters. The molecule has 6 nitrogen and oxygen atoms in total. The minimum atomic E-state index is 0.693. The highest BCUT2D eigenvalue weighted by atomic mass is 16.5.